The van der Waals surface area contributed by atoms with E-state index in [1.54, 1.807) is 18.9 Å². The van der Waals surface area contributed by atoms with E-state index < -0.39 is 6.04 Å². The molecule has 1 aliphatic rings. The minimum absolute atomic E-state index is 0.00147. The van der Waals surface area contributed by atoms with Gasteiger partial charge in [-0.3, -0.25) is 4.79 Å². The third-order valence-electron chi connectivity index (χ3n) is 5.27. The van der Waals surface area contributed by atoms with Crippen LogP contribution in [0.3, 0.4) is 0 Å². The molecular formula is C21H23N5O3. The summed E-state index contributed by atoms with van der Waals surface area (Å²) in [5.41, 5.74) is 3.30. The summed E-state index contributed by atoms with van der Waals surface area (Å²) in [6.45, 7) is 1.15. The molecule has 0 aliphatic carbocycles. The highest BCUT2D eigenvalue weighted by atomic mass is 16.5. The summed E-state index contributed by atoms with van der Waals surface area (Å²) in [6, 6.07) is 13.4. The Balaban J connectivity index is 1.59. The van der Waals surface area contributed by atoms with Gasteiger partial charge in [0.1, 0.15) is 12.4 Å². The van der Waals surface area contributed by atoms with Gasteiger partial charge >= 0.3 is 0 Å². The van der Waals surface area contributed by atoms with Crippen LogP contribution in [0.1, 0.15) is 22.7 Å². The molecule has 0 radical (unpaired) electrons. The molecular weight excluding hydrogens is 370 g/mol. The maximum absolute atomic E-state index is 13.4. The second-order valence-electron chi connectivity index (χ2n) is 6.98. The van der Waals surface area contributed by atoms with Crippen molar-refractivity contribution < 1.29 is 14.3 Å². The molecule has 1 amide bonds. The van der Waals surface area contributed by atoms with Crippen molar-refractivity contribution in [2.75, 3.05) is 20.8 Å². The average Bonchev–Trinajstić information content (AvgIpc) is 3.31. The molecule has 8 nitrogen and oxygen atoms in total. The van der Waals surface area contributed by atoms with Gasteiger partial charge < -0.3 is 14.4 Å². The summed E-state index contributed by atoms with van der Waals surface area (Å²) in [5, 5.41) is 11.4. The van der Waals surface area contributed by atoms with E-state index in [4.69, 9.17) is 9.47 Å². The molecule has 2 aromatic carbocycles. The molecule has 0 bridgehead atoms. The predicted octanol–water partition coefficient (Wildman–Crippen LogP) is 2.06. The number of ether oxygens (including phenoxy) is 2. The van der Waals surface area contributed by atoms with E-state index >= 15 is 0 Å². The smallest absolute Gasteiger partial charge is 0.248 e. The van der Waals surface area contributed by atoms with Gasteiger partial charge in [-0.05, 0) is 45.7 Å². The van der Waals surface area contributed by atoms with Crippen LogP contribution in [0.2, 0.25) is 0 Å². The highest BCUT2D eigenvalue weighted by Crippen LogP contribution is 2.33. The SMILES string of the molecule is COc1cc2c(cc1OC)CN(C(=O)[C@@H](Cc1ccccc1)n1cnnn1)CC2. The van der Waals surface area contributed by atoms with Crippen LogP contribution in [0, 0.1) is 0 Å². The molecule has 0 spiro atoms. The van der Waals surface area contributed by atoms with Gasteiger partial charge in [0.25, 0.3) is 0 Å². The maximum Gasteiger partial charge on any atom is 0.248 e. The number of methoxy groups -OCH3 is 2. The number of hydrogen-bond donors (Lipinski definition) is 0. The van der Waals surface area contributed by atoms with Gasteiger partial charge in [-0.15, -0.1) is 5.10 Å². The van der Waals surface area contributed by atoms with Gasteiger partial charge in [0.05, 0.1) is 14.2 Å². The van der Waals surface area contributed by atoms with E-state index in [0.29, 0.717) is 31.0 Å². The van der Waals surface area contributed by atoms with Crippen LogP contribution in [0.5, 0.6) is 11.5 Å². The van der Waals surface area contributed by atoms with Gasteiger partial charge in [0.15, 0.2) is 11.5 Å². The summed E-state index contributed by atoms with van der Waals surface area (Å²) in [4.78, 5) is 15.3. The van der Waals surface area contributed by atoms with Gasteiger partial charge in [0.2, 0.25) is 5.91 Å². The van der Waals surface area contributed by atoms with Crippen LogP contribution in [0.25, 0.3) is 0 Å². The molecule has 29 heavy (non-hydrogen) atoms. The molecule has 0 saturated heterocycles. The molecule has 0 saturated carbocycles. The number of fused-ring (bicyclic) bond motifs is 1. The third-order valence-corrected chi connectivity index (χ3v) is 5.27. The number of amides is 1. The highest BCUT2D eigenvalue weighted by Gasteiger charge is 2.30. The van der Waals surface area contributed by atoms with Crippen LogP contribution in [-0.4, -0.2) is 51.8 Å². The third kappa shape index (κ3) is 3.91. The van der Waals surface area contributed by atoms with E-state index in [1.165, 1.54) is 11.9 Å². The van der Waals surface area contributed by atoms with Gasteiger partial charge in [0, 0.05) is 19.5 Å². The van der Waals surface area contributed by atoms with Crippen molar-refractivity contribution in [2.24, 2.45) is 0 Å². The van der Waals surface area contributed by atoms with Crippen molar-refractivity contribution in [1.82, 2.24) is 25.1 Å². The Morgan fingerprint density at radius 2 is 1.83 bits per heavy atom. The number of aromatic nitrogens is 4. The maximum atomic E-state index is 13.4. The molecule has 0 fully saturated rings. The lowest BCUT2D eigenvalue weighted by Crippen LogP contribution is -2.41. The van der Waals surface area contributed by atoms with Crippen LogP contribution in [0.15, 0.2) is 48.8 Å². The quantitative estimate of drug-likeness (QED) is 0.638. The summed E-state index contributed by atoms with van der Waals surface area (Å²) < 4.78 is 12.4. The first kappa shape index (κ1) is 18.9. The first-order valence-electron chi connectivity index (χ1n) is 9.48. The molecule has 1 aliphatic heterocycles. The minimum Gasteiger partial charge on any atom is -0.493 e. The van der Waals surface area contributed by atoms with Crippen LogP contribution >= 0.6 is 0 Å². The number of rotatable bonds is 6. The number of nitrogens with zero attached hydrogens (tertiary/aromatic N) is 5. The van der Waals surface area contributed by atoms with E-state index in [2.05, 4.69) is 15.5 Å². The van der Waals surface area contributed by atoms with Crippen molar-refractivity contribution >= 4 is 5.91 Å². The first-order chi connectivity index (χ1) is 14.2. The molecule has 1 aromatic heterocycles. The Bertz CT molecular complexity index is 975. The van der Waals surface area contributed by atoms with Crippen molar-refractivity contribution in [3.63, 3.8) is 0 Å². The van der Waals surface area contributed by atoms with Crippen molar-refractivity contribution in [3.05, 3.63) is 65.5 Å². The molecule has 2 heterocycles. The zero-order valence-electron chi connectivity index (χ0n) is 16.5. The largest absolute Gasteiger partial charge is 0.493 e. The van der Waals surface area contributed by atoms with E-state index in [1.807, 2.05) is 47.4 Å². The Morgan fingerprint density at radius 3 is 2.48 bits per heavy atom. The molecule has 1 atom stereocenters. The van der Waals surface area contributed by atoms with Crippen molar-refractivity contribution in [2.45, 2.75) is 25.4 Å². The van der Waals surface area contributed by atoms with Gasteiger partial charge in [-0.1, -0.05) is 30.3 Å². The fraction of sp³-hybridized carbons (Fsp3) is 0.333. The zero-order valence-corrected chi connectivity index (χ0v) is 16.5. The molecule has 0 N–H and O–H groups in total. The van der Waals surface area contributed by atoms with Crippen LogP contribution in [0.4, 0.5) is 0 Å². The Morgan fingerprint density at radius 1 is 1.10 bits per heavy atom. The standard InChI is InChI=1S/C21H23N5O3/c1-28-19-11-16-8-9-25(13-17(16)12-20(19)29-2)21(27)18(26-14-22-23-24-26)10-15-6-4-3-5-7-15/h3-7,11-12,14,18H,8-10,13H2,1-2H3/t18-/m1/s1. The number of tetrazole rings is 1. The van der Waals surface area contributed by atoms with E-state index in [9.17, 15) is 4.79 Å². The van der Waals surface area contributed by atoms with Crippen LogP contribution in [-0.2, 0) is 24.2 Å². The Kier molecular flexibility index (Phi) is 5.41. The Labute approximate surface area is 169 Å². The molecule has 0 unspecified atom stereocenters. The first-order valence-corrected chi connectivity index (χ1v) is 9.48. The van der Waals surface area contributed by atoms with Crippen LogP contribution < -0.4 is 9.47 Å². The van der Waals surface area contributed by atoms with Gasteiger partial charge in [-0.25, -0.2) is 4.68 Å². The average molecular weight is 393 g/mol. The van der Waals surface area contributed by atoms with Gasteiger partial charge in [-0.2, -0.15) is 0 Å². The summed E-state index contributed by atoms with van der Waals surface area (Å²) in [6.07, 6.45) is 2.78. The number of hydrogen-bond acceptors (Lipinski definition) is 6. The summed E-state index contributed by atoms with van der Waals surface area (Å²) in [5.74, 6) is 1.38. The number of carbonyl (C=O) groups is 1. The molecule has 150 valence electrons. The lowest BCUT2D eigenvalue weighted by molar-refractivity contribution is -0.136. The monoisotopic (exact) mass is 393 g/mol. The Hall–Kier alpha value is -3.42. The van der Waals surface area contributed by atoms with E-state index in [0.717, 1.165) is 17.5 Å². The van der Waals surface area contributed by atoms with Crippen molar-refractivity contribution in [1.29, 1.82) is 0 Å². The topological polar surface area (TPSA) is 82.4 Å². The fourth-order valence-electron chi connectivity index (χ4n) is 3.72. The summed E-state index contributed by atoms with van der Waals surface area (Å²) >= 11 is 0. The molecule has 8 heteroatoms. The lowest BCUT2D eigenvalue weighted by atomic mass is 9.97. The zero-order chi connectivity index (χ0) is 20.2. The second kappa shape index (κ2) is 8.30. The summed E-state index contributed by atoms with van der Waals surface area (Å²) in [7, 11) is 3.24. The lowest BCUT2D eigenvalue weighted by Gasteiger charge is -2.32. The van der Waals surface area contributed by atoms with E-state index in [-0.39, 0.29) is 5.91 Å². The number of benzene rings is 2. The second-order valence-corrected chi connectivity index (χ2v) is 6.98. The van der Waals surface area contributed by atoms with Crippen molar-refractivity contribution in [3.8, 4) is 11.5 Å². The normalized spacial score (nSPS) is 14.2. The molecule has 3 aromatic rings. The fourth-order valence-corrected chi connectivity index (χ4v) is 3.72. The minimum atomic E-state index is -0.492. The predicted molar refractivity (Wildman–Crippen MR) is 106 cm³/mol. The number of carbonyl (C=O) groups excluding carboxylic acids is 1. The molecule has 4 rings (SSSR count). The highest BCUT2D eigenvalue weighted by molar-refractivity contribution is 5.81.